The molecular formula is C12H18BrN3O2. The maximum atomic E-state index is 10.8. The quantitative estimate of drug-likeness (QED) is 0.597. The summed E-state index contributed by atoms with van der Waals surface area (Å²) in [4.78, 5) is 14.7. The molecule has 0 unspecified atom stereocenters. The Hall–Kier alpha value is -0.980. The minimum Gasteiger partial charge on any atom is -0.308 e. The van der Waals surface area contributed by atoms with Crippen molar-refractivity contribution in [3.8, 4) is 0 Å². The van der Waals surface area contributed by atoms with E-state index in [4.69, 9.17) is 0 Å². The molecule has 100 valence electrons. The summed E-state index contributed by atoms with van der Waals surface area (Å²) in [5.41, 5.74) is 1.05. The summed E-state index contributed by atoms with van der Waals surface area (Å²) in [5, 5.41) is 10.8. The van der Waals surface area contributed by atoms with E-state index < -0.39 is 0 Å². The second-order valence-corrected chi connectivity index (χ2v) is 5.34. The number of nitro benzene ring substituents is 1. The van der Waals surface area contributed by atoms with E-state index in [1.54, 1.807) is 6.07 Å². The number of benzene rings is 1. The van der Waals surface area contributed by atoms with Crippen molar-refractivity contribution in [1.82, 2.24) is 9.80 Å². The van der Waals surface area contributed by atoms with Crippen LogP contribution in [0.4, 0.5) is 5.69 Å². The van der Waals surface area contributed by atoms with Crippen molar-refractivity contribution in [2.45, 2.75) is 6.54 Å². The summed E-state index contributed by atoms with van der Waals surface area (Å²) in [6.07, 6.45) is 0. The Bertz CT molecular complexity index is 424. The number of likely N-dealkylation sites (N-methyl/N-ethyl adjacent to an activating group) is 2. The molecule has 1 aromatic rings. The first-order chi connectivity index (χ1) is 8.41. The SMILES string of the molecule is CN(C)CCN(C)Cc1cccc([N+](=O)[O-])c1Br. The molecule has 0 aliphatic rings. The molecule has 0 N–H and O–H groups in total. The van der Waals surface area contributed by atoms with Crippen molar-refractivity contribution in [2.75, 3.05) is 34.2 Å². The van der Waals surface area contributed by atoms with Crippen molar-refractivity contribution >= 4 is 21.6 Å². The Morgan fingerprint density at radius 2 is 1.94 bits per heavy atom. The molecule has 5 nitrogen and oxygen atoms in total. The zero-order chi connectivity index (χ0) is 13.7. The van der Waals surface area contributed by atoms with Gasteiger partial charge in [0.15, 0.2) is 0 Å². The van der Waals surface area contributed by atoms with Crippen molar-refractivity contribution in [3.05, 3.63) is 38.3 Å². The van der Waals surface area contributed by atoms with Crippen LogP contribution in [0.5, 0.6) is 0 Å². The molecule has 0 aromatic heterocycles. The summed E-state index contributed by atoms with van der Waals surface area (Å²) < 4.78 is 0.576. The topological polar surface area (TPSA) is 49.6 Å². The van der Waals surface area contributed by atoms with Gasteiger partial charge in [-0.15, -0.1) is 0 Å². The summed E-state index contributed by atoms with van der Waals surface area (Å²) >= 11 is 3.31. The predicted molar refractivity (Wildman–Crippen MR) is 75.7 cm³/mol. The first-order valence-corrected chi connectivity index (χ1v) is 6.46. The monoisotopic (exact) mass is 315 g/mol. The summed E-state index contributed by atoms with van der Waals surface area (Å²) in [6.45, 7) is 2.57. The fourth-order valence-corrected chi connectivity index (χ4v) is 2.10. The van der Waals surface area contributed by atoms with Crippen LogP contribution < -0.4 is 0 Å². The highest BCUT2D eigenvalue weighted by Crippen LogP contribution is 2.28. The minimum atomic E-state index is -0.368. The van der Waals surface area contributed by atoms with Crippen molar-refractivity contribution < 1.29 is 4.92 Å². The number of nitro groups is 1. The molecule has 0 spiro atoms. The fraction of sp³-hybridized carbons (Fsp3) is 0.500. The van der Waals surface area contributed by atoms with Crippen LogP contribution in [-0.2, 0) is 6.54 Å². The Morgan fingerprint density at radius 3 is 2.50 bits per heavy atom. The molecule has 0 atom stereocenters. The van der Waals surface area contributed by atoms with Crippen molar-refractivity contribution in [2.24, 2.45) is 0 Å². The van der Waals surface area contributed by atoms with Gasteiger partial charge in [-0.2, -0.15) is 0 Å². The van der Waals surface area contributed by atoms with Crippen molar-refractivity contribution in [1.29, 1.82) is 0 Å². The first-order valence-electron chi connectivity index (χ1n) is 5.67. The third-order valence-electron chi connectivity index (χ3n) is 2.62. The highest BCUT2D eigenvalue weighted by atomic mass is 79.9. The van der Waals surface area contributed by atoms with Gasteiger partial charge < -0.3 is 9.80 Å². The van der Waals surface area contributed by atoms with Gasteiger partial charge in [0.05, 0.1) is 9.40 Å². The molecule has 0 radical (unpaired) electrons. The van der Waals surface area contributed by atoms with E-state index in [2.05, 4.69) is 25.7 Å². The smallest absolute Gasteiger partial charge is 0.283 e. The highest BCUT2D eigenvalue weighted by Gasteiger charge is 2.15. The number of rotatable bonds is 6. The lowest BCUT2D eigenvalue weighted by Gasteiger charge is -2.19. The van der Waals surface area contributed by atoms with E-state index in [1.165, 1.54) is 6.07 Å². The fourth-order valence-electron chi connectivity index (χ4n) is 1.57. The molecule has 6 heteroatoms. The van der Waals surface area contributed by atoms with Gasteiger partial charge in [0.2, 0.25) is 0 Å². The van der Waals surface area contributed by atoms with E-state index in [-0.39, 0.29) is 10.6 Å². The largest absolute Gasteiger partial charge is 0.308 e. The average Bonchev–Trinajstić information content (AvgIpc) is 2.29. The molecule has 0 saturated carbocycles. The van der Waals surface area contributed by atoms with Gasteiger partial charge in [0.25, 0.3) is 5.69 Å². The third-order valence-corrected chi connectivity index (χ3v) is 3.54. The molecule has 1 rings (SSSR count). The van der Waals surface area contributed by atoms with E-state index in [9.17, 15) is 10.1 Å². The standard InChI is InChI=1S/C12H18BrN3O2/c1-14(2)7-8-15(3)9-10-5-4-6-11(12(10)13)16(17)18/h4-6H,7-9H2,1-3H3. The number of nitrogens with zero attached hydrogens (tertiary/aromatic N) is 3. The third kappa shape index (κ3) is 4.36. The van der Waals surface area contributed by atoms with E-state index >= 15 is 0 Å². The van der Waals surface area contributed by atoms with Gasteiger partial charge in [0.1, 0.15) is 0 Å². The molecule has 0 saturated heterocycles. The molecule has 0 amide bonds. The van der Waals surface area contributed by atoms with Gasteiger partial charge in [-0.05, 0) is 42.6 Å². The van der Waals surface area contributed by atoms with Gasteiger partial charge in [-0.3, -0.25) is 10.1 Å². The second kappa shape index (κ2) is 6.82. The molecule has 0 bridgehead atoms. The van der Waals surface area contributed by atoms with E-state index in [1.807, 2.05) is 27.2 Å². The second-order valence-electron chi connectivity index (χ2n) is 4.55. The van der Waals surface area contributed by atoms with Gasteiger partial charge in [-0.1, -0.05) is 12.1 Å². The normalized spacial score (nSPS) is 11.2. The highest BCUT2D eigenvalue weighted by molar-refractivity contribution is 9.10. The summed E-state index contributed by atoms with van der Waals surface area (Å²) in [5.74, 6) is 0. The lowest BCUT2D eigenvalue weighted by molar-refractivity contribution is -0.385. The lowest BCUT2D eigenvalue weighted by atomic mass is 10.2. The minimum absolute atomic E-state index is 0.119. The maximum Gasteiger partial charge on any atom is 0.283 e. The van der Waals surface area contributed by atoms with Crippen LogP contribution in [-0.4, -0.2) is 49.0 Å². The molecule has 0 fully saturated rings. The molecule has 0 heterocycles. The van der Waals surface area contributed by atoms with Crippen LogP contribution >= 0.6 is 15.9 Å². The van der Waals surface area contributed by atoms with Gasteiger partial charge in [-0.25, -0.2) is 0 Å². The lowest BCUT2D eigenvalue weighted by Crippen LogP contribution is -2.28. The van der Waals surface area contributed by atoms with Crippen LogP contribution in [0.25, 0.3) is 0 Å². The summed E-state index contributed by atoms with van der Waals surface area (Å²) in [6, 6.07) is 5.13. The Balaban J connectivity index is 2.73. The molecule has 1 aromatic carbocycles. The zero-order valence-electron chi connectivity index (χ0n) is 10.9. The molecular weight excluding hydrogens is 298 g/mol. The van der Waals surface area contributed by atoms with Crippen LogP contribution in [0.3, 0.4) is 0 Å². The zero-order valence-corrected chi connectivity index (χ0v) is 12.5. The first kappa shape index (κ1) is 15.1. The van der Waals surface area contributed by atoms with E-state index in [0.29, 0.717) is 11.0 Å². The number of hydrogen-bond acceptors (Lipinski definition) is 4. The van der Waals surface area contributed by atoms with Crippen LogP contribution in [0.15, 0.2) is 22.7 Å². The van der Waals surface area contributed by atoms with Crippen molar-refractivity contribution in [3.63, 3.8) is 0 Å². The molecule has 18 heavy (non-hydrogen) atoms. The summed E-state index contributed by atoms with van der Waals surface area (Å²) in [7, 11) is 6.06. The number of halogens is 1. The molecule has 0 aliphatic heterocycles. The van der Waals surface area contributed by atoms with Gasteiger partial charge >= 0.3 is 0 Å². The van der Waals surface area contributed by atoms with E-state index in [0.717, 1.165) is 18.7 Å². The molecule has 0 aliphatic carbocycles. The Morgan fingerprint density at radius 1 is 1.28 bits per heavy atom. The van der Waals surface area contributed by atoms with Crippen LogP contribution in [0.1, 0.15) is 5.56 Å². The Labute approximate surface area is 116 Å². The van der Waals surface area contributed by atoms with Gasteiger partial charge in [0, 0.05) is 25.7 Å². The van der Waals surface area contributed by atoms with Crippen LogP contribution in [0, 0.1) is 10.1 Å². The maximum absolute atomic E-state index is 10.8. The van der Waals surface area contributed by atoms with Crippen LogP contribution in [0.2, 0.25) is 0 Å². The average molecular weight is 316 g/mol. The number of hydrogen-bond donors (Lipinski definition) is 0. The predicted octanol–water partition coefficient (Wildman–Crippen LogP) is 2.35. The Kier molecular flexibility index (Phi) is 5.71.